The predicted molar refractivity (Wildman–Crippen MR) is 154 cm³/mol. The minimum absolute atomic E-state index is 0.0566. The molecule has 4 aromatic rings. The van der Waals surface area contributed by atoms with Crippen molar-refractivity contribution in [2.45, 2.75) is 25.9 Å². The number of piperazine rings is 1. The van der Waals surface area contributed by atoms with Gasteiger partial charge >= 0.3 is 0 Å². The van der Waals surface area contributed by atoms with Gasteiger partial charge in [-0.15, -0.1) is 0 Å². The summed E-state index contributed by atoms with van der Waals surface area (Å²) >= 11 is 6.12. The fraction of sp³-hybridized carbons (Fsp3) is 0.355. The number of hydrogen-bond acceptors (Lipinski definition) is 4. The molecule has 0 radical (unpaired) electrons. The van der Waals surface area contributed by atoms with Crippen LogP contribution in [0.15, 0.2) is 78.9 Å². The largest absolute Gasteiger partial charge is 0.368 e. The summed E-state index contributed by atoms with van der Waals surface area (Å²) in [6.07, 6.45) is 2.01. The van der Waals surface area contributed by atoms with Gasteiger partial charge in [-0.2, -0.15) is 0 Å². The molecule has 1 amide bonds. The molecule has 2 aliphatic heterocycles. The summed E-state index contributed by atoms with van der Waals surface area (Å²) in [5, 5.41) is 0.745. The number of anilines is 1. The minimum Gasteiger partial charge on any atom is -0.368 e. The lowest BCUT2D eigenvalue weighted by molar-refractivity contribution is -0.137. The van der Waals surface area contributed by atoms with E-state index in [4.69, 9.17) is 16.6 Å². The molecule has 38 heavy (non-hydrogen) atoms. The average Bonchev–Trinajstić information content (AvgIpc) is 3.31. The molecule has 0 bridgehead atoms. The average molecular weight is 528 g/mol. The van der Waals surface area contributed by atoms with Gasteiger partial charge < -0.3 is 14.4 Å². The van der Waals surface area contributed by atoms with Crippen molar-refractivity contribution >= 4 is 34.2 Å². The van der Waals surface area contributed by atoms with Gasteiger partial charge in [0.1, 0.15) is 5.82 Å². The van der Waals surface area contributed by atoms with Gasteiger partial charge in [0.2, 0.25) is 5.91 Å². The van der Waals surface area contributed by atoms with Crippen molar-refractivity contribution in [1.29, 1.82) is 0 Å². The number of amides is 1. The van der Waals surface area contributed by atoms with Crippen LogP contribution in [0.1, 0.15) is 24.2 Å². The molecule has 6 rings (SSSR count). The maximum atomic E-state index is 13.5. The number of halogens is 1. The number of carbonyl (C=O) groups excluding carboxylic acids is 1. The molecular formula is C31H34ClN5O. The Morgan fingerprint density at radius 3 is 2.37 bits per heavy atom. The number of fused-ring (bicyclic) bond motifs is 1. The summed E-state index contributed by atoms with van der Waals surface area (Å²) in [7, 11) is 0. The summed E-state index contributed by atoms with van der Waals surface area (Å²) in [5.74, 6) is 1.42. The summed E-state index contributed by atoms with van der Waals surface area (Å²) < 4.78 is 2.31. The number of piperidine rings is 1. The van der Waals surface area contributed by atoms with E-state index in [1.165, 1.54) is 11.3 Å². The van der Waals surface area contributed by atoms with Crippen LogP contribution in [-0.4, -0.2) is 64.5 Å². The second kappa shape index (κ2) is 11.2. The number of aromatic nitrogens is 2. The molecule has 7 heteroatoms. The highest BCUT2D eigenvalue weighted by Gasteiger charge is 2.31. The Bertz CT molecular complexity index is 1380. The Morgan fingerprint density at radius 2 is 1.58 bits per heavy atom. The van der Waals surface area contributed by atoms with E-state index in [-0.39, 0.29) is 5.92 Å². The molecule has 0 aliphatic carbocycles. The summed E-state index contributed by atoms with van der Waals surface area (Å²) in [6, 6.07) is 26.9. The molecule has 0 N–H and O–H groups in total. The quantitative estimate of drug-likeness (QED) is 0.341. The lowest BCUT2D eigenvalue weighted by Crippen LogP contribution is -2.52. The van der Waals surface area contributed by atoms with Gasteiger partial charge in [0.15, 0.2) is 0 Å². The van der Waals surface area contributed by atoms with Gasteiger partial charge in [-0.25, -0.2) is 4.98 Å². The number of rotatable bonds is 6. The van der Waals surface area contributed by atoms with Gasteiger partial charge in [0.25, 0.3) is 0 Å². The van der Waals surface area contributed by atoms with Crippen molar-refractivity contribution in [1.82, 2.24) is 19.4 Å². The highest BCUT2D eigenvalue weighted by atomic mass is 35.5. The van der Waals surface area contributed by atoms with Crippen LogP contribution in [0, 0.1) is 5.92 Å². The molecule has 2 fully saturated rings. The maximum Gasteiger partial charge on any atom is 0.227 e. The molecule has 1 aromatic heterocycles. The zero-order valence-corrected chi connectivity index (χ0v) is 22.4. The van der Waals surface area contributed by atoms with Crippen molar-refractivity contribution < 1.29 is 4.79 Å². The Kier molecular flexibility index (Phi) is 7.34. The van der Waals surface area contributed by atoms with E-state index in [0.717, 1.165) is 87.1 Å². The summed E-state index contributed by atoms with van der Waals surface area (Å²) in [5.41, 5.74) is 4.58. The fourth-order valence-corrected chi connectivity index (χ4v) is 6.00. The second-order valence-electron chi connectivity index (χ2n) is 10.5. The summed E-state index contributed by atoms with van der Waals surface area (Å²) in [6.45, 7) is 6.64. The Labute approximate surface area is 229 Å². The maximum absolute atomic E-state index is 13.5. The van der Waals surface area contributed by atoms with Crippen molar-refractivity contribution in [3.63, 3.8) is 0 Å². The number of likely N-dealkylation sites (tertiary alicyclic amines) is 1. The standard InChI is InChI=1S/C31H34ClN5O/c32-26-14-12-24(13-15-26)21-37-29-11-5-4-10-28(29)33-30(37)23-34-16-6-7-25(22-34)31(38)36-19-17-35(18-20-36)27-8-2-1-3-9-27/h1-5,8-15,25H,6-7,16-23H2/t25-/m0/s1. The number of imidazole rings is 1. The lowest BCUT2D eigenvalue weighted by atomic mass is 9.96. The normalized spacial score (nSPS) is 18.7. The van der Waals surface area contributed by atoms with Gasteiger partial charge in [-0.1, -0.05) is 54.1 Å². The SMILES string of the molecule is O=C([C@H]1CCCN(Cc2nc3ccccc3n2Cc2ccc(Cl)cc2)C1)N1CCN(c2ccccc2)CC1. The second-order valence-corrected chi connectivity index (χ2v) is 10.9. The first-order valence-electron chi connectivity index (χ1n) is 13.6. The zero-order valence-electron chi connectivity index (χ0n) is 21.7. The van der Waals surface area contributed by atoms with Gasteiger partial charge in [0.05, 0.1) is 23.5 Å². The van der Waals surface area contributed by atoms with E-state index in [1.54, 1.807) is 0 Å². The number of carbonyl (C=O) groups is 1. The molecule has 6 nitrogen and oxygen atoms in total. The van der Waals surface area contributed by atoms with Crippen molar-refractivity contribution in [2.75, 3.05) is 44.2 Å². The van der Waals surface area contributed by atoms with Crippen LogP contribution in [0.3, 0.4) is 0 Å². The predicted octanol–water partition coefficient (Wildman–Crippen LogP) is 5.30. The molecule has 3 aromatic carbocycles. The smallest absolute Gasteiger partial charge is 0.227 e. The molecular weight excluding hydrogens is 494 g/mol. The van der Waals surface area contributed by atoms with Gasteiger partial charge in [0, 0.05) is 50.0 Å². The summed E-state index contributed by atoms with van der Waals surface area (Å²) in [4.78, 5) is 25.4. The highest BCUT2D eigenvalue weighted by Crippen LogP contribution is 2.25. The number of benzene rings is 3. The number of nitrogens with zero attached hydrogens (tertiary/aromatic N) is 5. The van der Waals surface area contributed by atoms with Crippen LogP contribution in [0.2, 0.25) is 5.02 Å². The Morgan fingerprint density at radius 1 is 0.842 bits per heavy atom. The molecule has 1 atom stereocenters. The zero-order chi connectivity index (χ0) is 25.9. The molecule has 2 aliphatic rings. The Hall–Kier alpha value is -3.35. The first kappa shape index (κ1) is 25.0. The molecule has 3 heterocycles. The van der Waals surface area contributed by atoms with E-state index in [9.17, 15) is 4.79 Å². The third-order valence-electron chi connectivity index (χ3n) is 7.92. The minimum atomic E-state index is 0.0566. The first-order chi connectivity index (χ1) is 18.6. The van der Waals surface area contributed by atoms with E-state index >= 15 is 0 Å². The van der Waals surface area contributed by atoms with Gasteiger partial charge in [-0.3, -0.25) is 9.69 Å². The van der Waals surface area contributed by atoms with Gasteiger partial charge in [-0.05, 0) is 61.3 Å². The van der Waals surface area contributed by atoms with E-state index in [2.05, 4.69) is 73.9 Å². The number of para-hydroxylation sites is 3. The first-order valence-corrected chi connectivity index (χ1v) is 14.0. The van der Waals surface area contributed by atoms with Crippen LogP contribution >= 0.6 is 11.6 Å². The van der Waals surface area contributed by atoms with Crippen molar-refractivity contribution in [3.8, 4) is 0 Å². The Balaban J connectivity index is 1.13. The van der Waals surface area contributed by atoms with E-state index in [0.29, 0.717) is 5.91 Å². The highest BCUT2D eigenvalue weighted by molar-refractivity contribution is 6.30. The van der Waals surface area contributed by atoms with Crippen LogP contribution in [0.5, 0.6) is 0 Å². The van der Waals surface area contributed by atoms with Crippen LogP contribution in [0.25, 0.3) is 11.0 Å². The third kappa shape index (κ3) is 5.42. The molecule has 2 saturated heterocycles. The van der Waals surface area contributed by atoms with E-state index < -0.39 is 0 Å². The number of hydrogen-bond donors (Lipinski definition) is 0. The molecule has 0 spiro atoms. The third-order valence-corrected chi connectivity index (χ3v) is 8.17. The van der Waals surface area contributed by atoms with Crippen LogP contribution in [0.4, 0.5) is 5.69 Å². The molecule has 0 saturated carbocycles. The molecule has 196 valence electrons. The van der Waals surface area contributed by atoms with Crippen LogP contribution in [-0.2, 0) is 17.9 Å². The van der Waals surface area contributed by atoms with E-state index in [1.807, 2.05) is 24.3 Å². The van der Waals surface area contributed by atoms with Crippen molar-refractivity contribution in [3.05, 3.63) is 95.3 Å². The molecule has 0 unspecified atom stereocenters. The lowest BCUT2D eigenvalue weighted by Gasteiger charge is -2.39. The topological polar surface area (TPSA) is 44.6 Å². The fourth-order valence-electron chi connectivity index (χ4n) is 5.88. The monoisotopic (exact) mass is 527 g/mol. The van der Waals surface area contributed by atoms with Crippen LogP contribution < -0.4 is 4.90 Å². The van der Waals surface area contributed by atoms with Crippen molar-refractivity contribution in [2.24, 2.45) is 5.92 Å².